The maximum absolute atomic E-state index is 13.1. The van der Waals surface area contributed by atoms with E-state index in [2.05, 4.69) is 20.4 Å². The van der Waals surface area contributed by atoms with E-state index in [9.17, 15) is 42.3 Å². The second kappa shape index (κ2) is 15.9. The van der Waals surface area contributed by atoms with E-state index in [1.165, 1.54) is 40.2 Å². The molecule has 0 saturated carbocycles. The summed E-state index contributed by atoms with van der Waals surface area (Å²) < 4.78 is 32.4. The summed E-state index contributed by atoms with van der Waals surface area (Å²) in [6.45, 7) is 0.554. The average molecular weight is 768 g/mol. The van der Waals surface area contributed by atoms with Gasteiger partial charge in [0.1, 0.15) is 22.8 Å². The highest BCUT2D eigenvalue weighted by Gasteiger charge is 2.54. The Morgan fingerprint density at radius 1 is 1.14 bits per heavy atom. The number of aromatic nitrogens is 2. The van der Waals surface area contributed by atoms with Gasteiger partial charge in [0.25, 0.3) is 17.7 Å². The molecule has 3 aliphatic rings. The quantitative estimate of drug-likeness (QED) is 0.0937. The number of rotatable bonds is 11. The number of amides is 3. The van der Waals surface area contributed by atoms with Crippen LogP contribution in [0.2, 0.25) is 0 Å². The lowest BCUT2D eigenvalue weighted by Crippen LogP contribution is -2.71. The Morgan fingerprint density at radius 3 is 2.39 bits per heavy atom. The molecule has 0 aromatic carbocycles. The van der Waals surface area contributed by atoms with Crippen molar-refractivity contribution in [3.05, 3.63) is 33.5 Å². The molecule has 264 valence electrons. The van der Waals surface area contributed by atoms with Crippen LogP contribution in [0.15, 0.2) is 31.5 Å². The van der Waals surface area contributed by atoms with Gasteiger partial charge in [-0.25, -0.2) is 24.4 Å². The van der Waals surface area contributed by atoms with Gasteiger partial charge in [-0.1, -0.05) is 5.16 Å². The lowest BCUT2D eigenvalue weighted by molar-refractivity contribution is -0.192. The molecule has 2 fully saturated rings. The van der Waals surface area contributed by atoms with Crippen LogP contribution in [0.1, 0.15) is 29.0 Å². The maximum Gasteiger partial charge on any atom is 0.490 e. The van der Waals surface area contributed by atoms with E-state index < -0.39 is 53.9 Å². The van der Waals surface area contributed by atoms with Crippen LogP contribution in [0.5, 0.6) is 0 Å². The van der Waals surface area contributed by atoms with E-state index >= 15 is 0 Å². The molecule has 0 bridgehead atoms. The van der Waals surface area contributed by atoms with E-state index in [1.807, 2.05) is 0 Å². The Morgan fingerprint density at radius 2 is 1.82 bits per heavy atom. The summed E-state index contributed by atoms with van der Waals surface area (Å²) in [5.74, 6) is -6.50. The van der Waals surface area contributed by atoms with Gasteiger partial charge in [-0.3, -0.25) is 19.3 Å². The summed E-state index contributed by atoms with van der Waals surface area (Å²) in [5, 5.41) is 32.9. The minimum Gasteiger partial charge on any atom is -0.479 e. The number of fused-ring (bicyclic) bond motifs is 1. The van der Waals surface area contributed by atoms with Crippen molar-refractivity contribution < 1.29 is 62.1 Å². The number of β-lactam (4-membered cyclic amide) rings is 1. The fourth-order valence-corrected chi connectivity index (χ4v) is 8.39. The lowest BCUT2D eigenvalue weighted by Gasteiger charge is -2.49. The first-order valence-electron chi connectivity index (χ1n) is 13.6. The Bertz CT molecular complexity index is 1710. The molecular formula is C25H24F3N7O10S4. The predicted molar refractivity (Wildman–Crippen MR) is 168 cm³/mol. The number of thiazole rings is 2. The summed E-state index contributed by atoms with van der Waals surface area (Å²) in [6, 6.07) is -1.07. The molecule has 0 spiro atoms. The van der Waals surface area contributed by atoms with Gasteiger partial charge >= 0.3 is 24.1 Å². The Hall–Kier alpha value is -4.42. The van der Waals surface area contributed by atoms with Gasteiger partial charge < -0.3 is 36.1 Å². The number of carboxylic acid groups (broad SMARTS) is 3. The molecule has 5 heterocycles. The SMILES string of the molecule is Nc1nc(/C(=N\OCC(=O)O)C(=O)NC2C(=O)N3C(C(=O)O)=C(CSc4scnc4C(=O)N4CCCC4)CS[C@H]23)cs1.O=C(O)C(F)(F)F. The van der Waals surface area contributed by atoms with Crippen molar-refractivity contribution in [2.45, 2.75) is 34.6 Å². The van der Waals surface area contributed by atoms with Crippen LogP contribution in [-0.2, 0) is 28.8 Å². The van der Waals surface area contributed by atoms with Gasteiger partial charge in [0.15, 0.2) is 16.5 Å². The fourth-order valence-electron chi connectivity index (χ4n) is 4.46. The van der Waals surface area contributed by atoms with Gasteiger partial charge in [-0.15, -0.1) is 46.2 Å². The van der Waals surface area contributed by atoms with E-state index in [1.54, 1.807) is 10.4 Å². The molecule has 1 unspecified atom stereocenters. The number of nitrogens with zero attached hydrogens (tertiary/aromatic N) is 5. The zero-order valence-corrected chi connectivity index (χ0v) is 27.8. The summed E-state index contributed by atoms with van der Waals surface area (Å²) >= 11 is 4.90. The molecule has 0 radical (unpaired) electrons. The molecule has 6 N–H and O–H groups in total. The number of hydrogen-bond acceptors (Lipinski definition) is 15. The Kier molecular flexibility index (Phi) is 12.1. The summed E-state index contributed by atoms with van der Waals surface area (Å²) in [5.41, 5.74) is 7.55. The molecule has 5 rings (SSSR count). The van der Waals surface area contributed by atoms with Crippen LogP contribution in [0.3, 0.4) is 0 Å². The van der Waals surface area contributed by atoms with Crippen LogP contribution in [0, 0.1) is 0 Å². The first-order chi connectivity index (χ1) is 23.1. The number of hydrogen-bond donors (Lipinski definition) is 5. The van der Waals surface area contributed by atoms with Crippen LogP contribution >= 0.6 is 46.2 Å². The molecule has 24 heteroatoms. The number of likely N-dealkylation sites (tertiary alicyclic amines) is 1. The average Bonchev–Trinajstić information content (AvgIpc) is 3.82. The Labute approximate surface area is 289 Å². The van der Waals surface area contributed by atoms with Crippen LogP contribution in [-0.4, -0.2) is 125 Å². The molecule has 0 aliphatic carbocycles. The van der Waals surface area contributed by atoms with Crippen LogP contribution in [0.4, 0.5) is 18.3 Å². The minimum absolute atomic E-state index is 0.0244. The van der Waals surface area contributed by atoms with E-state index in [0.29, 0.717) is 28.6 Å². The molecule has 2 saturated heterocycles. The largest absolute Gasteiger partial charge is 0.490 e. The lowest BCUT2D eigenvalue weighted by atomic mass is 10.0. The van der Waals surface area contributed by atoms with Crippen molar-refractivity contribution in [1.82, 2.24) is 25.1 Å². The van der Waals surface area contributed by atoms with Gasteiger partial charge in [0.05, 0.1) is 9.72 Å². The van der Waals surface area contributed by atoms with Crippen molar-refractivity contribution >= 4 is 92.7 Å². The number of oxime groups is 1. The van der Waals surface area contributed by atoms with E-state index in [4.69, 9.17) is 25.6 Å². The van der Waals surface area contributed by atoms with Crippen molar-refractivity contribution in [1.29, 1.82) is 0 Å². The third kappa shape index (κ3) is 8.98. The number of nitrogens with one attached hydrogen (secondary N) is 1. The van der Waals surface area contributed by atoms with Gasteiger partial charge in [0.2, 0.25) is 6.61 Å². The highest BCUT2D eigenvalue weighted by molar-refractivity contribution is 8.02. The summed E-state index contributed by atoms with van der Waals surface area (Å²) in [6.07, 6.45) is -3.19. The number of thioether (sulfide) groups is 2. The van der Waals surface area contributed by atoms with Crippen LogP contribution in [0.25, 0.3) is 0 Å². The number of alkyl halides is 3. The minimum atomic E-state index is -5.08. The topological polar surface area (TPSA) is 255 Å². The third-order valence-electron chi connectivity index (χ3n) is 6.61. The monoisotopic (exact) mass is 767 g/mol. The maximum atomic E-state index is 13.1. The third-order valence-corrected chi connectivity index (χ3v) is 10.8. The summed E-state index contributed by atoms with van der Waals surface area (Å²) in [4.78, 5) is 86.8. The standard InChI is InChI=1S/C23H23N7O8S4.C2HF3O2/c24-23-26-11(8-41-23)13(28-38-5-12(31)32)17(33)27-14-19(35)30-16(21(36)37)10(6-39-20(14)30)7-40-22-15(25-9-42-22)18(34)29-3-1-2-4-29;3-2(4,5)1(6)7/h8-9,14,20H,1-7H2,(H2,24,26)(H,27,33)(H,31,32)(H,36,37);(H,6,7)/b28-13+;/t14?,20-;/m1./s1. The first kappa shape index (κ1) is 37.4. The Balaban J connectivity index is 0.000000698. The van der Waals surface area contributed by atoms with E-state index in [-0.39, 0.29) is 39.6 Å². The predicted octanol–water partition coefficient (Wildman–Crippen LogP) is 1.39. The van der Waals surface area contributed by atoms with Crippen LogP contribution < -0.4 is 11.1 Å². The molecule has 2 aromatic heterocycles. The van der Waals surface area contributed by atoms with Crippen molar-refractivity contribution in [3.63, 3.8) is 0 Å². The highest BCUT2D eigenvalue weighted by Crippen LogP contribution is 2.42. The molecule has 17 nitrogen and oxygen atoms in total. The number of anilines is 1. The molecule has 2 atom stereocenters. The van der Waals surface area contributed by atoms with Gasteiger partial charge in [0, 0.05) is 30.0 Å². The van der Waals surface area contributed by atoms with Crippen molar-refractivity contribution in [2.75, 3.05) is 36.9 Å². The number of carbonyl (C=O) groups excluding carboxylic acids is 3. The first-order valence-corrected chi connectivity index (χ1v) is 17.4. The zero-order chi connectivity index (χ0) is 36.0. The highest BCUT2D eigenvalue weighted by atomic mass is 32.2. The molecular weight excluding hydrogens is 744 g/mol. The number of carbonyl (C=O) groups is 6. The number of halogens is 3. The van der Waals surface area contributed by atoms with Crippen molar-refractivity contribution in [3.8, 4) is 0 Å². The van der Waals surface area contributed by atoms with Gasteiger partial charge in [-0.2, -0.15) is 13.2 Å². The number of aliphatic carboxylic acids is 3. The molecule has 3 amide bonds. The van der Waals surface area contributed by atoms with Gasteiger partial charge in [-0.05, 0) is 18.4 Å². The zero-order valence-electron chi connectivity index (χ0n) is 24.5. The smallest absolute Gasteiger partial charge is 0.479 e. The molecule has 49 heavy (non-hydrogen) atoms. The van der Waals surface area contributed by atoms with Crippen molar-refractivity contribution in [2.24, 2.45) is 5.16 Å². The summed E-state index contributed by atoms with van der Waals surface area (Å²) in [7, 11) is 0. The fraction of sp³-hybridized carbons (Fsp3) is 0.400. The molecule has 2 aromatic rings. The molecule has 3 aliphatic heterocycles. The van der Waals surface area contributed by atoms with E-state index in [0.717, 1.165) is 29.1 Å². The number of carboxylic acids is 3. The number of nitrogen functional groups attached to an aromatic ring is 1. The second-order valence-corrected chi connectivity index (χ2v) is 14.0. The number of nitrogens with two attached hydrogens (primary N) is 1. The normalized spacial score (nSPS) is 19.0. The second-order valence-electron chi connectivity index (χ2n) is 9.88.